The van der Waals surface area contributed by atoms with Crippen LogP contribution in [0.3, 0.4) is 0 Å². The van der Waals surface area contributed by atoms with Crippen molar-refractivity contribution in [2.24, 2.45) is 0 Å². The van der Waals surface area contributed by atoms with Crippen LogP contribution < -0.4 is 5.56 Å². The molecule has 1 fully saturated rings. The molecule has 0 aliphatic heterocycles. The number of furan rings is 1. The lowest BCUT2D eigenvalue weighted by molar-refractivity contribution is 0.0842. The standard InChI is InChI=1S/C26H32N6O2/c1-3-23(25-28-29-30-32(25)17-22-13-8-14-34-22)31(21-11-5-4-6-12-21)16-20-15-19-10-7-9-18(2)24(19)27-26(20)33/h7-10,13-15,21,23H,3-6,11-12,16-17H2,1-2H3,(H,27,33)/t23-/m1/s1. The number of nitrogens with one attached hydrogen (secondary N) is 1. The summed E-state index contributed by atoms with van der Waals surface area (Å²) < 4.78 is 7.37. The molecule has 0 amide bonds. The summed E-state index contributed by atoms with van der Waals surface area (Å²) in [5.41, 5.74) is 2.75. The summed E-state index contributed by atoms with van der Waals surface area (Å²) in [6.45, 7) is 5.24. The number of rotatable bonds is 8. The Balaban J connectivity index is 1.51. The van der Waals surface area contributed by atoms with E-state index in [-0.39, 0.29) is 11.6 Å². The lowest BCUT2D eigenvalue weighted by Gasteiger charge is -2.39. The number of aryl methyl sites for hydroxylation is 1. The van der Waals surface area contributed by atoms with Gasteiger partial charge in [0, 0.05) is 18.2 Å². The van der Waals surface area contributed by atoms with Crippen molar-refractivity contribution in [3.8, 4) is 0 Å². The number of aromatic amines is 1. The normalized spacial score (nSPS) is 15.9. The van der Waals surface area contributed by atoms with E-state index in [1.807, 2.05) is 35.9 Å². The van der Waals surface area contributed by atoms with Crippen molar-refractivity contribution >= 4 is 10.9 Å². The molecule has 5 rings (SSSR count). The van der Waals surface area contributed by atoms with Crippen molar-refractivity contribution in [2.75, 3.05) is 0 Å². The van der Waals surface area contributed by atoms with Crippen molar-refractivity contribution in [3.63, 3.8) is 0 Å². The van der Waals surface area contributed by atoms with Crippen LogP contribution in [-0.2, 0) is 13.1 Å². The first-order valence-electron chi connectivity index (χ1n) is 12.3. The minimum absolute atomic E-state index is 0.000619. The van der Waals surface area contributed by atoms with Crippen LogP contribution in [0.15, 0.2) is 51.9 Å². The van der Waals surface area contributed by atoms with Crippen LogP contribution in [0.5, 0.6) is 0 Å². The van der Waals surface area contributed by atoms with Gasteiger partial charge in [0.25, 0.3) is 5.56 Å². The van der Waals surface area contributed by atoms with Crippen LogP contribution in [0.1, 0.15) is 74.2 Å². The molecule has 34 heavy (non-hydrogen) atoms. The summed E-state index contributed by atoms with van der Waals surface area (Å²) in [5, 5.41) is 13.8. The second kappa shape index (κ2) is 9.93. The Morgan fingerprint density at radius 1 is 1.21 bits per heavy atom. The number of tetrazole rings is 1. The van der Waals surface area contributed by atoms with Gasteiger partial charge in [-0.3, -0.25) is 9.69 Å². The molecule has 0 unspecified atom stereocenters. The molecule has 8 heteroatoms. The number of hydrogen-bond donors (Lipinski definition) is 1. The molecule has 1 saturated carbocycles. The SMILES string of the molecule is CC[C@H](c1nnnn1Cc1ccco1)N(Cc1cc2cccc(C)c2[nH]c1=O)C1CCCCC1. The summed E-state index contributed by atoms with van der Waals surface area (Å²) in [6, 6.07) is 12.4. The molecular formula is C26H32N6O2. The molecule has 1 aliphatic rings. The zero-order valence-electron chi connectivity index (χ0n) is 19.9. The Kier molecular flexibility index (Phi) is 6.58. The largest absolute Gasteiger partial charge is 0.467 e. The van der Waals surface area contributed by atoms with Crippen LogP contribution in [0.25, 0.3) is 10.9 Å². The zero-order valence-corrected chi connectivity index (χ0v) is 19.9. The van der Waals surface area contributed by atoms with Gasteiger partial charge < -0.3 is 9.40 Å². The third-order valence-corrected chi connectivity index (χ3v) is 7.09. The Morgan fingerprint density at radius 2 is 2.06 bits per heavy atom. The molecular weight excluding hydrogens is 428 g/mol. The predicted octanol–water partition coefficient (Wildman–Crippen LogP) is 4.75. The zero-order chi connectivity index (χ0) is 23.5. The van der Waals surface area contributed by atoms with Gasteiger partial charge in [-0.1, -0.05) is 44.4 Å². The topological polar surface area (TPSA) is 92.8 Å². The third kappa shape index (κ3) is 4.55. The fourth-order valence-corrected chi connectivity index (χ4v) is 5.33. The van der Waals surface area contributed by atoms with Crippen LogP contribution in [0, 0.1) is 6.92 Å². The molecule has 1 aromatic carbocycles. The summed E-state index contributed by atoms with van der Waals surface area (Å²) in [7, 11) is 0. The Morgan fingerprint density at radius 3 is 2.82 bits per heavy atom. The highest BCUT2D eigenvalue weighted by molar-refractivity contribution is 5.81. The van der Waals surface area contributed by atoms with E-state index in [1.54, 1.807) is 6.26 Å². The van der Waals surface area contributed by atoms with Gasteiger partial charge in [0.05, 0.1) is 17.8 Å². The molecule has 0 radical (unpaired) electrons. The molecule has 4 aromatic rings. The van der Waals surface area contributed by atoms with Crippen LogP contribution in [0.2, 0.25) is 0 Å². The number of para-hydroxylation sites is 1. The molecule has 1 N–H and O–H groups in total. The first-order valence-corrected chi connectivity index (χ1v) is 12.3. The van der Waals surface area contributed by atoms with Crippen molar-refractivity contribution in [3.05, 3.63) is 75.7 Å². The number of H-pyrrole nitrogens is 1. The van der Waals surface area contributed by atoms with E-state index >= 15 is 0 Å². The monoisotopic (exact) mass is 460 g/mol. The maximum atomic E-state index is 13.1. The van der Waals surface area contributed by atoms with Gasteiger partial charge in [-0.15, -0.1) is 5.10 Å². The Hall–Kier alpha value is -3.26. The second-order valence-electron chi connectivity index (χ2n) is 9.33. The van der Waals surface area contributed by atoms with E-state index in [2.05, 4.69) is 44.5 Å². The predicted molar refractivity (Wildman–Crippen MR) is 130 cm³/mol. The summed E-state index contributed by atoms with van der Waals surface area (Å²) in [6.07, 6.45) is 8.46. The average Bonchev–Trinajstić information content (AvgIpc) is 3.53. The summed E-state index contributed by atoms with van der Waals surface area (Å²) in [5.74, 6) is 1.63. The van der Waals surface area contributed by atoms with Crippen LogP contribution in [0.4, 0.5) is 0 Å². The molecule has 0 bridgehead atoms. The maximum absolute atomic E-state index is 13.1. The fourth-order valence-electron chi connectivity index (χ4n) is 5.33. The molecule has 3 heterocycles. The Bertz CT molecular complexity index is 1290. The van der Waals surface area contributed by atoms with Crippen molar-refractivity contribution in [1.29, 1.82) is 0 Å². The summed E-state index contributed by atoms with van der Waals surface area (Å²) >= 11 is 0. The highest BCUT2D eigenvalue weighted by Gasteiger charge is 2.32. The smallest absolute Gasteiger partial charge is 0.252 e. The van der Waals surface area contributed by atoms with E-state index in [0.29, 0.717) is 19.1 Å². The second-order valence-corrected chi connectivity index (χ2v) is 9.33. The minimum Gasteiger partial charge on any atom is -0.467 e. The highest BCUT2D eigenvalue weighted by atomic mass is 16.3. The van der Waals surface area contributed by atoms with E-state index in [0.717, 1.165) is 52.9 Å². The van der Waals surface area contributed by atoms with Gasteiger partial charge >= 0.3 is 0 Å². The number of aromatic nitrogens is 5. The lowest BCUT2D eigenvalue weighted by Crippen LogP contribution is -2.41. The first-order chi connectivity index (χ1) is 16.6. The van der Waals surface area contributed by atoms with Gasteiger partial charge in [0.1, 0.15) is 12.3 Å². The van der Waals surface area contributed by atoms with E-state index in [9.17, 15) is 4.79 Å². The quantitative estimate of drug-likeness (QED) is 0.408. The van der Waals surface area contributed by atoms with Crippen molar-refractivity contribution in [2.45, 2.75) is 77.5 Å². The van der Waals surface area contributed by atoms with Crippen LogP contribution in [-0.4, -0.2) is 36.1 Å². The molecule has 8 nitrogen and oxygen atoms in total. The van der Waals surface area contributed by atoms with E-state index in [1.165, 1.54) is 19.3 Å². The first kappa shape index (κ1) is 22.5. The van der Waals surface area contributed by atoms with Gasteiger partial charge in [-0.2, -0.15) is 0 Å². The fraction of sp³-hybridized carbons (Fsp3) is 0.462. The number of benzene rings is 1. The van der Waals surface area contributed by atoms with Gasteiger partial charge in [0.2, 0.25) is 0 Å². The Labute approximate surface area is 199 Å². The van der Waals surface area contributed by atoms with Crippen molar-refractivity contribution < 1.29 is 4.42 Å². The molecule has 178 valence electrons. The van der Waals surface area contributed by atoms with Gasteiger partial charge in [-0.05, 0) is 65.8 Å². The van der Waals surface area contributed by atoms with E-state index < -0.39 is 0 Å². The number of nitrogens with zero attached hydrogens (tertiary/aromatic N) is 5. The van der Waals surface area contributed by atoms with Crippen molar-refractivity contribution in [1.82, 2.24) is 30.1 Å². The molecule has 0 spiro atoms. The number of fused-ring (bicyclic) bond motifs is 1. The average molecular weight is 461 g/mol. The highest BCUT2D eigenvalue weighted by Crippen LogP contribution is 2.33. The maximum Gasteiger partial charge on any atom is 0.252 e. The molecule has 1 atom stereocenters. The minimum atomic E-state index is -0.0207. The number of hydrogen-bond acceptors (Lipinski definition) is 6. The third-order valence-electron chi connectivity index (χ3n) is 7.09. The number of pyridine rings is 1. The lowest BCUT2D eigenvalue weighted by atomic mass is 9.92. The molecule has 0 saturated heterocycles. The van der Waals surface area contributed by atoms with E-state index in [4.69, 9.17) is 4.42 Å². The molecule has 1 aliphatic carbocycles. The van der Waals surface area contributed by atoms with Crippen LogP contribution >= 0.6 is 0 Å². The van der Waals surface area contributed by atoms with Gasteiger partial charge in [-0.25, -0.2) is 4.68 Å². The molecule has 3 aromatic heterocycles. The van der Waals surface area contributed by atoms with Gasteiger partial charge in [0.15, 0.2) is 5.82 Å². The summed E-state index contributed by atoms with van der Waals surface area (Å²) in [4.78, 5) is 18.7.